The van der Waals surface area contributed by atoms with Gasteiger partial charge in [0.25, 0.3) is 0 Å². The van der Waals surface area contributed by atoms with Crippen LogP contribution in [0.5, 0.6) is 5.75 Å². The summed E-state index contributed by atoms with van der Waals surface area (Å²) in [6.45, 7) is 6.23. The lowest BCUT2D eigenvalue weighted by Gasteiger charge is -2.35. The standard InChI is InChI=1S/C22H31F2N5O2.HI/c1-4-25-22(26-13-19-12-20(15(2)3)28-31-19)27-16-6-5-11-29(14-16)17-7-9-18(10-8-17)30-21(23)24;/h7-10,12,15-16,21H,4-6,11,13-14H2,1-3H3,(H2,25,26,27);1H. The minimum Gasteiger partial charge on any atom is -0.435 e. The number of nitrogens with one attached hydrogen (secondary N) is 2. The zero-order valence-corrected chi connectivity index (χ0v) is 21.0. The minimum absolute atomic E-state index is 0. The molecule has 1 aliphatic heterocycles. The van der Waals surface area contributed by atoms with Gasteiger partial charge in [-0.1, -0.05) is 19.0 Å². The van der Waals surface area contributed by atoms with Crippen molar-refractivity contribution in [1.29, 1.82) is 0 Å². The van der Waals surface area contributed by atoms with Gasteiger partial charge in [-0.15, -0.1) is 24.0 Å². The van der Waals surface area contributed by atoms with Gasteiger partial charge < -0.3 is 24.8 Å². The molecule has 2 heterocycles. The van der Waals surface area contributed by atoms with Gasteiger partial charge in [-0.3, -0.25) is 0 Å². The number of alkyl halides is 2. The van der Waals surface area contributed by atoms with Gasteiger partial charge >= 0.3 is 6.61 Å². The molecule has 1 saturated heterocycles. The van der Waals surface area contributed by atoms with Crippen LogP contribution in [0.25, 0.3) is 0 Å². The highest BCUT2D eigenvalue weighted by molar-refractivity contribution is 14.0. The third kappa shape index (κ3) is 7.79. The Kier molecular flexibility index (Phi) is 10.5. The minimum atomic E-state index is -2.81. The van der Waals surface area contributed by atoms with E-state index in [1.165, 1.54) is 0 Å². The Hall–Kier alpha value is -2.11. The summed E-state index contributed by atoms with van der Waals surface area (Å²) in [5.74, 6) is 1.95. The number of hydrogen-bond acceptors (Lipinski definition) is 5. The average molecular weight is 563 g/mol. The fourth-order valence-corrected chi connectivity index (χ4v) is 3.51. The van der Waals surface area contributed by atoms with Crippen LogP contribution in [0.2, 0.25) is 0 Å². The van der Waals surface area contributed by atoms with Crippen molar-refractivity contribution in [3.8, 4) is 5.75 Å². The van der Waals surface area contributed by atoms with Crippen molar-refractivity contribution in [3.63, 3.8) is 0 Å². The smallest absolute Gasteiger partial charge is 0.387 e. The van der Waals surface area contributed by atoms with Crippen LogP contribution in [0, 0.1) is 0 Å². The van der Waals surface area contributed by atoms with E-state index in [4.69, 9.17) is 4.52 Å². The monoisotopic (exact) mass is 563 g/mol. The van der Waals surface area contributed by atoms with Crippen molar-refractivity contribution in [1.82, 2.24) is 15.8 Å². The number of aromatic nitrogens is 1. The van der Waals surface area contributed by atoms with Crippen LogP contribution in [0.15, 0.2) is 39.8 Å². The highest BCUT2D eigenvalue weighted by atomic mass is 127. The first-order valence-electron chi connectivity index (χ1n) is 10.7. The molecule has 0 radical (unpaired) electrons. The molecule has 1 unspecified atom stereocenters. The van der Waals surface area contributed by atoms with E-state index in [9.17, 15) is 8.78 Å². The molecule has 7 nitrogen and oxygen atoms in total. The van der Waals surface area contributed by atoms with Crippen molar-refractivity contribution in [2.24, 2.45) is 4.99 Å². The van der Waals surface area contributed by atoms with Gasteiger partial charge in [0, 0.05) is 37.4 Å². The second kappa shape index (κ2) is 12.8. The molecule has 3 rings (SSSR count). The molecule has 2 N–H and O–H groups in total. The lowest BCUT2D eigenvalue weighted by molar-refractivity contribution is -0.0498. The van der Waals surface area contributed by atoms with Crippen LogP contribution in [-0.4, -0.2) is 43.4 Å². The molecule has 1 atom stereocenters. The zero-order valence-electron chi connectivity index (χ0n) is 18.7. The molecule has 32 heavy (non-hydrogen) atoms. The molecule has 178 valence electrons. The number of hydrogen-bond donors (Lipinski definition) is 2. The molecular formula is C22H32F2IN5O2. The zero-order chi connectivity index (χ0) is 22.2. The predicted octanol–water partition coefficient (Wildman–Crippen LogP) is 4.74. The van der Waals surface area contributed by atoms with E-state index in [-0.39, 0.29) is 35.8 Å². The number of guanidine groups is 1. The number of piperidine rings is 1. The molecule has 10 heteroatoms. The molecule has 1 fully saturated rings. The number of halogens is 3. The summed E-state index contributed by atoms with van der Waals surface area (Å²) in [4.78, 5) is 6.88. The summed E-state index contributed by atoms with van der Waals surface area (Å²) in [5, 5.41) is 10.9. The molecule has 2 aromatic rings. The van der Waals surface area contributed by atoms with E-state index in [0.29, 0.717) is 12.5 Å². The van der Waals surface area contributed by atoms with Gasteiger partial charge in [-0.2, -0.15) is 8.78 Å². The molecule has 1 aromatic heterocycles. The topological polar surface area (TPSA) is 74.9 Å². The van der Waals surface area contributed by atoms with Gasteiger partial charge in [0.1, 0.15) is 12.3 Å². The summed E-state index contributed by atoms with van der Waals surface area (Å²) in [6.07, 6.45) is 2.04. The molecular weight excluding hydrogens is 531 g/mol. The fourth-order valence-electron chi connectivity index (χ4n) is 3.51. The van der Waals surface area contributed by atoms with Crippen LogP contribution in [0.4, 0.5) is 14.5 Å². The molecule has 1 aromatic carbocycles. The normalized spacial score (nSPS) is 16.8. The Morgan fingerprint density at radius 3 is 2.69 bits per heavy atom. The van der Waals surface area contributed by atoms with Gasteiger partial charge in [-0.25, -0.2) is 4.99 Å². The molecule has 1 aliphatic rings. The van der Waals surface area contributed by atoms with E-state index in [0.717, 1.165) is 55.6 Å². The van der Waals surface area contributed by atoms with Gasteiger partial charge in [0.2, 0.25) is 0 Å². The summed E-state index contributed by atoms with van der Waals surface area (Å²) < 4.78 is 34.5. The lowest BCUT2D eigenvalue weighted by atomic mass is 10.0. The molecule has 0 aliphatic carbocycles. The summed E-state index contributed by atoms with van der Waals surface area (Å²) in [5.41, 5.74) is 1.91. The van der Waals surface area contributed by atoms with E-state index in [1.807, 2.05) is 25.1 Å². The van der Waals surface area contributed by atoms with Crippen LogP contribution < -0.4 is 20.3 Å². The predicted molar refractivity (Wildman–Crippen MR) is 132 cm³/mol. The Morgan fingerprint density at radius 2 is 2.06 bits per heavy atom. The molecule has 0 spiro atoms. The summed E-state index contributed by atoms with van der Waals surface area (Å²) in [7, 11) is 0. The molecule has 0 amide bonds. The first-order chi connectivity index (χ1) is 14.9. The first kappa shape index (κ1) is 26.1. The van der Waals surface area contributed by atoms with E-state index in [2.05, 4.69) is 44.3 Å². The van der Waals surface area contributed by atoms with Crippen LogP contribution >= 0.6 is 24.0 Å². The highest BCUT2D eigenvalue weighted by Gasteiger charge is 2.21. The maximum absolute atomic E-state index is 12.4. The Balaban J connectivity index is 0.00000363. The average Bonchev–Trinajstić information content (AvgIpc) is 3.22. The SMILES string of the molecule is CCNC(=NCc1cc(C(C)C)no1)NC1CCCN(c2ccc(OC(F)F)cc2)C1.I. The Bertz CT molecular complexity index is 845. The highest BCUT2D eigenvalue weighted by Crippen LogP contribution is 2.24. The Labute approximate surface area is 205 Å². The van der Waals surface area contributed by atoms with E-state index in [1.54, 1.807) is 12.1 Å². The Morgan fingerprint density at radius 1 is 1.31 bits per heavy atom. The molecule has 0 bridgehead atoms. The lowest BCUT2D eigenvalue weighted by Crippen LogP contribution is -2.51. The third-order valence-corrected chi connectivity index (χ3v) is 5.10. The maximum atomic E-state index is 12.4. The van der Waals surface area contributed by atoms with Crippen molar-refractivity contribution in [2.45, 2.75) is 58.7 Å². The van der Waals surface area contributed by atoms with Crippen molar-refractivity contribution >= 4 is 35.6 Å². The second-order valence-corrected chi connectivity index (χ2v) is 7.87. The first-order valence-corrected chi connectivity index (χ1v) is 10.7. The van der Waals surface area contributed by atoms with Gasteiger partial charge in [0.05, 0.1) is 5.69 Å². The number of aliphatic imine (C=N–C) groups is 1. The fraction of sp³-hybridized carbons (Fsp3) is 0.545. The number of anilines is 1. The number of rotatable bonds is 8. The number of ether oxygens (including phenoxy) is 1. The van der Waals surface area contributed by atoms with Crippen LogP contribution in [0.1, 0.15) is 51.0 Å². The summed E-state index contributed by atoms with van der Waals surface area (Å²) in [6, 6.07) is 8.94. The van der Waals surface area contributed by atoms with E-state index < -0.39 is 6.61 Å². The van der Waals surface area contributed by atoms with Gasteiger partial charge in [0.15, 0.2) is 11.7 Å². The second-order valence-electron chi connectivity index (χ2n) is 7.87. The number of nitrogens with zero attached hydrogens (tertiary/aromatic N) is 3. The van der Waals surface area contributed by atoms with Crippen molar-refractivity contribution < 1.29 is 18.0 Å². The van der Waals surface area contributed by atoms with Crippen LogP contribution in [-0.2, 0) is 6.54 Å². The molecule has 0 saturated carbocycles. The van der Waals surface area contributed by atoms with Crippen molar-refractivity contribution in [2.75, 3.05) is 24.5 Å². The summed E-state index contributed by atoms with van der Waals surface area (Å²) >= 11 is 0. The third-order valence-electron chi connectivity index (χ3n) is 5.10. The maximum Gasteiger partial charge on any atom is 0.387 e. The van der Waals surface area contributed by atoms with Crippen molar-refractivity contribution in [3.05, 3.63) is 41.8 Å². The number of benzene rings is 1. The van der Waals surface area contributed by atoms with Gasteiger partial charge in [-0.05, 0) is 49.9 Å². The quantitative estimate of drug-likeness (QED) is 0.275. The van der Waals surface area contributed by atoms with E-state index >= 15 is 0 Å². The largest absolute Gasteiger partial charge is 0.435 e. The van der Waals surface area contributed by atoms with Crippen LogP contribution in [0.3, 0.4) is 0 Å².